The minimum atomic E-state index is -0.379. The van der Waals surface area contributed by atoms with Gasteiger partial charge in [0.1, 0.15) is 0 Å². The number of hydrogen-bond acceptors (Lipinski definition) is 2. The van der Waals surface area contributed by atoms with Gasteiger partial charge in [0.25, 0.3) is 0 Å². The summed E-state index contributed by atoms with van der Waals surface area (Å²) in [6.07, 6.45) is 1.98. The van der Waals surface area contributed by atoms with Gasteiger partial charge in [-0.25, -0.2) is 0 Å². The van der Waals surface area contributed by atoms with Gasteiger partial charge in [-0.1, -0.05) is 33.8 Å². The summed E-state index contributed by atoms with van der Waals surface area (Å²) in [6.45, 7) is 11.9. The zero-order valence-electron chi connectivity index (χ0n) is 9.55. The van der Waals surface area contributed by atoms with Gasteiger partial charge in [0.05, 0.1) is 0 Å². The van der Waals surface area contributed by atoms with Gasteiger partial charge in [-0.3, -0.25) is 9.69 Å². The van der Waals surface area contributed by atoms with E-state index >= 15 is 0 Å². The molecule has 1 amide bonds. The van der Waals surface area contributed by atoms with Gasteiger partial charge in [0.2, 0.25) is 5.91 Å². The zero-order valence-corrected chi connectivity index (χ0v) is 9.55. The maximum Gasteiger partial charge on any atom is 0.245 e. The van der Waals surface area contributed by atoms with Gasteiger partial charge in [0.15, 0.2) is 0 Å². The van der Waals surface area contributed by atoms with Crippen molar-refractivity contribution in [3.8, 4) is 0 Å². The van der Waals surface area contributed by atoms with Gasteiger partial charge in [-0.2, -0.15) is 0 Å². The molecule has 0 spiro atoms. The molecule has 1 atom stereocenters. The van der Waals surface area contributed by atoms with Crippen LogP contribution in [0.1, 0.15) is 33.6 Å². The SMILES string of the molecule is C=C(C(N)=O)C(CCC)N(CC)CC. The van der Waals surface area contributed by atoms with Crippen molar-refractivity contribution in [3.63, 3.8) is 0 Å². The second kappa shape index (κ2) is 6.60. The van der Waals surface area contributed by atoms with Crippen LogP contribution in [0.4, 0.5) is 0 Å². The van der Waals surface area contributed by atoms with Crippen molar-refractivity contribution < 1.29 is 4.79 Å². The number of nitrogens with zero attached hydrogens (tertiary/aromatic N) is 1. The van der Waals surface area contributed by atoms with Crippen molar-refractivity contribution >= 4 is 5.91 Å². The van der Waals surface area contributed by atoms with Crippen LogP contribution in [-0.2, 0) is 4.79 Å². The number of carbonyl (C=O) groups excluding carboxylic acids is 1. The first-order chi connectivity index (χ1) is 6.58. The van der Waals surface area contributed by atoms with E-state index in [9.17, 15) is 4.79 Å². The zero-order chi connectivity index (χ0) is 11.1. The van der Waals surface area contributed by atoms with Crippen molar-refractivity contribution in [2.24, 2.45) is 5.73 Å². The Hall–Kier alpha value is -0.830. The number of nitrogens with two attached hydrogens (primary N) is 1. The average Bonchev–Trinajstić information content (AvgIpc) is 2.17. The van der Waals surface area contributed by atoms with E-state index in [-0.39, 0.29) is 11.9 Å². The lowest BCUT2D eigenvalue weighted by Crippen LogP contribution is -2.39. The highest BCUT2D eigenvalue weighted by Gasteiger charge is 2.20. The van der Waals surface area contributed by atoms with Crippen LogP contribution in [0.5, 0.6) is 0 Å². The van der Waals surface area contributed by atoms with Crippen LogP contribution in [0.3, 0.4) is 0 Å². The smallest absolute Gasteiger partial charge is 0.245 e. The van der Waals surface area contributed by atoms with Crippen LogP contribution in [0.25, 0.3) is 0 Å². The molecule has 0 saturated carbocycles. The molecule has 0 radical (unpaired) electrons. The summed E-state index contributed by atoms with van der Waals surface area (Å²) >= 11 is 0. The third-order valence-electron chi connectivity index (χ3n) is 2.53. The third-order valence-corrected chi connectivity index (χ3v) is 2.53. The molecular weight excluding hydrogens is 176 g/mol. The summed E-state index contributed by atoms with van der Waals surface area (Å²) in [7, 11) is 0. The van der Waals surface area contributed by atoms with E-state index in [4.69, 9.17) is 5.73 Å². The number of rotatable bonds is 7. The van der Waals surface area contributed by atoms with Crippen molar-refractivity contribution in [2.75, 3.05) is 13.1 Å². The Morgan fingerprint density at radius 2 is 1.86 bits per heavy atom. The number of hydrogen-bond donors (Lipinski definition) is 1. The average molecular weight is 198 g/mol. The molecule has 0 fully saturated rings. The Balaban J connectivity index is 4.55. The summed E-state index contributed by atoms with van der Waals surface area (Å²) < 4.78 is 0. The fourth-order valence-corrected chi connectivity index (χ4v) is 1.68. The van der Waals surface area contributed by atoms with E-state index in [0.717, 1.165) is 25.9 Å². The first-order valence-electron chi connectivity index (χ1n) is 5.31. The van der Waals surface area contributed by atoms with Gasteiger partial charge in [-0.05, 0) is 19.5 Å². The van der Waals surface area contributed by atoms with E-state index < -0.39 is 0 Å². The Kier molecular flexibility index (Phi) is 6.21. The molecule has 82 valence electrons. The minimum Gasteiger partial charge on any atom is -0.366 e. The molecule has 0 aliphatic heterocycles. The van der Waals surface area contributed by atoms with E-state index in [1.807, 2.05) is 0 Å². The van der Waals surface area contributed by atoms with E-state index in [1.165, 1.54) is 0 Å². The third kappa shape index (κ3) is 3.50. The standard InChI is InChI=1S/C11H22N2O/c1-5-8-10(9(4)11(12)14)13(6-2)7-3/h10H,4-8H2,1-3H3,(H2,12,14). The summed E-state index contributed by atoms with van der Waals surface area (Å²) in [6, 6.07) is 0.118. The Morgan fingerprint density at radius 3 is 2.14 bits per heavy atom. The molecule has 0 bridgehead atoms. The van der Waals surface area contributed by atoms with Gasteiger partial charge in [0, 0.05) is 11.6 Å². The first-order valence-corrected chi connectivity index (χ1v) is 5.31. The van der Waals surface area contributed by atoms with Crippen LogP contribution in [-0.4, -0.2) is 29.9 Å². The fourth-order valence-electron chi connectivity index (χ4n) is 1.68. The lowest BCUT2D eigenvalue weighted by atomic mass is 10.0. The maximum absolute atomic E-state index is 11.0. The molecule has 0 heterocycles. The molecule has 0 saturated heterocycles. The van der Waals surface area contributed by atoms with Crippen molar-refractivity contribution in [2.45, 2.75) is 39.7 Å². The molecule has 0 aromatic carbocycles. The molecule has 3 heteroatoms. The molecule has 0 aromatic rings. The minimum absolute atomic E-state index is 0.118. The summed E-state index contributed by atoms with van der Waals surface area (Å²) in [5.41, 5.74) is 5.79. The predicted octanol–water partition coefficient (Wildman–Crippen LogP) is 1.54. The van der Waals surface area contributed by atoms with Gasteiger partial charge < -0.3 is 5.73 Å². The van der Waals surface area contributed by atoms with E-state index in [0.29, 0.717) is 5.57 Å². The molecule has 14 heavy (non-hydrogen) atoms. The van der Waals surface area contributed by atoms with Crippen LogP contribution >= 0.6 is 0 Å². The van der Waals surface area contributed by atoms with Crippen LogP contribution < -0.4 is 5.73 Å². The largest absolute Gasteiger partial charge is 0.366 e. The maximum atomic E-state index is 11.0. The lowest BCUT2D eigenvalue weighted by molar-refractivity contribution is -0.115. The van der Waals surface area contributed by atoms with Crippen molar-refractivity contribution in [1.29, 1.82) is 0 Å². The second-order valence-corrected chi connectivity index (χ2v) is 3.42. The highest BCUT2D eigenvalue weighted by atomic mass is 16.1. The first kappa shape index (κ1) is 13.2. The van der Waals surface area contributed by atoms with Crippen LogP contribution in [0.15, 0.2) is 12.2 Å². The Morgan fingerprint density at radius 1 is 1.36 bits per heavy atom. The van der Waals surface area contributed by atoms with Crippen molar-refractivity contribution in [3.05, 3.63) is 12.2 Å². The van der Waals surface area contributed by atoms with Gasteiger partial charge in [-0.15, -0.1) is 0 Å². The Bertz CT molecular complexity index is 197. The van der Waals surface area contributed by atoms with E-state index in [1.54, 1.807) is 0 Å². The highest BCUT2D eigenvalue weighted by Crippen LogP contribution is 2.14. The molecule has 0 rings (SSSR count). The fraction of sp³-hybridized carbons (Fsp3) is 0.727. The number of carbonyl (C=O) groups is 1. The second-order valence-electron chi connectivity index (χ2n) is 3.42. The van der Waals surface area contributed by atoms with Gasteiger partial charge >= 0.3 is 0 Å². The number of likely N-dealkylation sites (N-methyl/N-ethyl adjacent to an activating group) is 1. The highest BCUT2D eigenvalue weighted by molar-refractivity contribution is 5.92. The Labute approximate surface area is 87.0 Å². The summed E-state index contributed by atoms with van der Waals surface area (Å²) in [5.74, 6) is -0.379. The summed E-state index contributed by atoms with van der Waals surface area (Å²) in [4.78, 5) is 13.3. The summed E-state index contributed by atoms with van der Waals surface area (Å²) in [5, 5.41) is 0. The number of primary amides is 1. The van der Waals surface area contributed by atoms with E-state index in [2.05, 4.69) is 32.3 Å². The predicted molar refractivity (Wildman–Crippen MR) is 60.0 cm³/mol. The molecule has 0 aliphatic rings. The lowest BCUT2D eigenvalue weighted by Gasteiger charge is -2.29. The molecule has 2 N–H and O–H groups in total. The van der Waals surface area contributed by atoms with Crippen LogP contribution in [0, 0.1) is 0 Å². The van der Waals surface area contributed by atoms with Crippen LogP contribution in [0.2, 0.25) is 0 Å². The molecule has 3 nitrogen and oxygen atoms in total. The number of amides is 1. The topological polar surface area (TPSA) is 46.3 Å². The molecule has 0 aromatic heterocycles. The van der Waals surface area contributed by atoms with Crippen molar-refractivity contribution in [1.82, 2.24) is 4.90 Å². The quantitative estimate of drug-likeness (QED) is 0.631. The normalized spacial score (nSPS) is 12.9. The monoisotopic (exact) mass is 198 g/mol. The molecule has 0 aliphatic carbocycles. The molecular formula is C11H22N2O. The molecule has 1 unspecified atom stereocenters.